The number of carbonyl (C=O) groups excluding carboxylic acids is 2. The molecule has 0 saturated carbocycles. The van der Waals surface area contributed by atoms with Crippen molar-refractivity contribution in [3.05, 3.63) is 30.1 Å². The van der Waals surface area contributed by atoms with Crippen LogP contribution >= 0.6 is 0 Å². The average molecular weight is 289 g/mol. The lowest BCUT2D eigenvalue weighted by atomic mass is 9.99. The van der Waals surface area contributed by atoms with E-state index in [1.807, 2.05) is 39.0 Å². The van der Waals surface area contributed by atoms with Crippen molar-refractivity contribution in [2.75, 3.05) is 6.54 Å². The van der Waals surface area contributed by atoms with Gasteiger partial charge in [-0.2, -0.15) is 0 Å². The predicted molar refractivity (Wildman–Crippen MR) is 80.3 cm³/mol. The first-order valence-corrected chi connectivity index (χ1v) is 7.41. The minimum Gasteiger partial charge on any atom is -0.351 e. The first kappa shape index (κ1) is 15.5. The van der Waals surface area contributed by atoms with Crippen LogP contribution in [0.4, 0.5) is 0 Å². The molecule has 2 heterocycles. The molecule has 1 fully saturated rings. The number of rotatable bonds is 5. The van der Waals surface area contributed by atoms with Gasteiger partial charge in [-0.15, -0.1) is 0 Å². The monoisotopic (exact) mass is 289 g/mol. The number of pyridine rings is 1. The molecule has 0 unspecified atom stereocenters. The average Bonchev–Trinajstić information content (AvgIpc) is 2.81. The van der Waals surface area contributed by atoms with E-state index in [2.05, 4.69) is 10.3 Å². The Morgan fingerprint density at radius 3 is 2.86 bits per heavy atom. The second-order valence-corrected chi connectivity index (χ2v) is 6.22. The predicted octanol–water partition coefficient (Wildman–Crippen LogP) is 1.73. The maximum absolute atomic E-state index is 12.3. The summed E-state index contributed by atoms with van der Waals surface area (Å²) in [4.78, 5) is 30.2. The van der Waals surface area contributed by atoms with E-state index in [1.54, 1.807) is 11.1 Å². The second kappa shape index (κ2) is 6.24. The van der Waals surface area contributed by atoms with E-state index >= 15 is 0 Å². The first-order chi connectivity index (χ1) is 9.91. The minimum atomic E-state index is -0.257. The lowest BCUT2D eigenvalue weighted by Gasteiger charge is -2.26. The second-order valence-electron chi connectivity index (χ2n) is 6.22. The fraction of sp³-hybridized carbons (Fsp3) is 0.562. The zero-order valence-corrected chi connectivity index (χ0v) is 12.9. The van der Waals surface area contributed by atoms with Crippen molar-refractivity contribution in [1.29, 1.82) is 0 Å². The molecule has 1 saturated heterocycles. The van der Waals surface area contributed by atoms with Gasteiger partial charge in [0, 0.05) is 24.7 Å². The van der Waals surface area contributed by atoms with Crippen LogP contribution in [0.3, 0.4) is 0 Å². The lowest BCUT2D eigenvalue weighted by Crippen LogP contribution is -2.46. The van der Waals surface area contributed by atoms with E-state index in [4.69, 9.17) is 0 Å². The van der Waals surface area contributed by atoms with E-state index in [9.17, 15) is 9.59 Å². The van der Waals surface area contributed by atoms with Crippen molar-refractivity contribution >= 4 is 11.8 Å². The van der Waals surface area contributed by atoms with Crippen molar-refractivity contribution < 1.29 is 9.59 Å². The van der Waals surface area contributed by atoms with Gasteiger partial charge in [-0.3, -0.25) is 14.6 Å². The number of aromatic nitrogens is 1. The maximum Gasteiger partial charge on any atom is 0.225 e. The Morgan fingerprint density at radius 1 is 1.48 bits per heavy atom. The van der Waals surface area contributed by atoms with Gasteiger partial charge >= 0.3 is 0 Å². The molecule has 1 atom stereocenters. The molecule has 2 rings (SSSR count). The maximum atomic E-state index is 12.3. The third kappa shape index (κ3) is 4.03. The zero-order chi connectivity index (χ0) is 15.5. The highest BCUT2D eigenvalue weighted by atomic mass is 16.2. The van der Waals surface area contributed by atoms with Gasteiger partial charge in [0.25, 0.3) is 0 Å². The summed E-state index contributed by atoms with van der Waals surface area (Å²) in [5.41, 5.74) is 0.620. The Bertz CT molecular complexity index is 514. The van der Waals surface area contributed by atoms with Gasteiger partial charge in [0.15, 0.2) is 0 Å². The summed E-state index contributed by atoms with van der Waals surface area (Å²) in [6, 6.07) is 5.64. The SMILES string of the molecule is CCC(C)(C)NC(=O)[C@H]1CC(=O)N(Cc2ccccn2)C1. The Labute approximate surface area is 125 Å². The quantitative estimate of drug-likeness (QED) is 0.898. The summed E-state index contributed by atoms with van der Waals surface area (Å²) in [5.74, 6) is -0.263. The highest BCUT2D eigenvalue weighted by Crippen LogP contribution is 2.21. The Balaban J connectivity index is 1.95. The molecule has 0 radical (unpaired) electrons. The summed E-state index contributed by atoms with van der Waals surface area (Å²) in [6.07, 6.45) is 2.86. The van der Waals surface area contributed by atoms with Gasteiger partial charge in [0.05, 0.1) is 18.2 Å². The third-order valence-corrected chi connectivity index (χ3v) is 4.01. The molecule has 5 heteroatoms. The molecule has 1 aliphatic heterocycles. The number of amides is 2. The van der Waals surface area contributed by atoms with Crippen molar-refractivity contribution in [2.24, 2.45) is 5.92 Å². The van der Waals surface area contributed by atoms with E-state index in [1.165, 1.54) is 0 Å². The van der Waals surface area contributed by atoms with Crippen LogP contribution in [-0.4, -0.2) is 33.8 Å². The summed E-state index contributed by atoms with van der Waals surface area (Å²) in [6.45, 7) is 6.97. The van der Waals surface area contributed by atoms with Crippen LogP contribution in [-0.2, 0) is 16.1 Å². The Morgan fingerprint density at radius 2 is 2.24 bits per heavy atom. The standard InChI is InChI=1S/C16H23N3O2/c1-4-16(2,3)18-15(21)12-9-14(20)19(10-12)11-13-7-5-6-8-17-13/h5-8,12H,4,9-11H2,1-3H3,(H,18,21)/t12-/m0/s1. The normalized spacial score (nSPS) is 18.9. The van der Waals surface area contributed by atoms with Crippen LogP contribution in [0.25, 0.3) is 0 Å². The smallest absolute Gasteiger partial charge is 0.225 e. The number of hydrogen-bond acceptors (Lipinski definition) is 3. The summed E-state index contributed by atoms with van der Waals surface area (Å²) < 4.78 is 0. The molecule has 1 aliphatic rings. The van der Waals surface area contributed by atoms with Gasteiger partial charge < -0.3 is 10.2 Å². The lowest BCUT2D eigenvalue weighted by molar-refractivity contribution is -0.129. The van der Waals surface area contributed by atoms with Gasteiger partial charge in [-0.25, -0.2) is 0 Å². The summed E-state index contributed by atoms with van der Waals surface area (Å²) in [5, 5.41) is 3.02. The van der Waals surface area contributed by atoms with E-state index < -0.39 is 0 Å². The fourth-order valence-corrected chi connectivity index (χ4v) is 2.31. The van der Waals surface area contributed by atoms with E-state index in [0.717, 1.165) is 12.1 Å². The van der Waals surface area contributed by atoms with Crippen molar-refractivity contribution in [3.8, 4) is 0 Å². The number of nitrogens with zero attached hydrogens (tertiary/aromatic N) is 2. The molecule has 2 amide bonds. The molecule has 0 bridgehead atoms. The Kier molecular flexibility index (Phi) is 4.60. The third-order valence-electron chi connectivity index (χ3n) is 4.01. The molecule has 1 N–H and O–H groups in total. The van der Waals surface area contributed by atoms with Crippen LogP contribution in [0.15, 0.2) is 24.4 Å². The van der Waals surface area contributed by atoms with Crippen molar-refractivity contribution in [1.82, 2.24) is 15.2 Å². The molecule has 5 nitrogen and oxygen atoms in total. The van der Waals surface area contributed by atoms with Crippen LogP contribution < -0.4 is 5.32 Å². The van der Waals surface area contributed by atoms with Crippen LogP contribution in [0.2, 0.25) is 0 Å². The van der Waals surface area contributed by atoms with Gasteiger partial charge in [0.2, 0.25) is 11.8 Å². The Hall–Kier alpha value is -1.91. The molecule has 0 spiro atoms. The molecule has 0 aromatic carbocycles. The number of likely N-dealkylation sites (tertiary alicyclic amines) is 1. The fourth-order valence-electron chi connectivity index (χ4n) is 2.31. The largest absolute Gasteiger partial charge is 0.351 e. The summed E-state index contributed by atoms with van der Waals surface area (Å²) in [7, 11) is 0. The van der Waals surface area contributed by atoms with Crippen molar-refractivity contribution in [2.45, 2.75) is 45.7 Å². The molecular weight excluding hydrogens is 266 g/mol. The van der Waals surface area contributed by atoms with Crippen LogP contribution in [0.1, 0.15) is 39.3 Å². The minimum absolute atomic E-state index is 0.0232. The molecule has 1 aromatic rings. The highest BCUT2D eigenvalue weighted by molar-refractivity contribution is 5.89. The van der Waals surface area contributed by atoms with Crippen molar-refractivity contribution in [3.63, 3.8) is 0 Å². The highest BCUT2D eigenvalue weighted by Gasteiger charge is 2.35. The summed E-state index contributed by atoms with van der Waals surface area (Å²) >= 11 is 0. The molecule has 0 aliphatic carbocycles. The van der Waals surface area contributed by atoms with E-state index in [0.29, 0.717) is 19.5 Å². The number of hydrogen-bond donors (Lipinski definition) is 1. The molecule has 1 aromatic heterocycles. The van der Waals surface area contributed by atoms with E-state index in [-0.39, 0.29) is 23.3 Å². The number of carbonyl (C=O) groups is 2. The first-order valence-electron chi connectivity index (χ1n) is 7.41. The topological polar surface area (TPSA) is 62.3 Å². The number of nitrogens with one attached hydrogen (secondary N) is 1. The molecule has 114 valence electrons. The van der Waals surface area contributed by atoms with Gasteiger partial charge in [-0.05, 0) is 32.4 Å². The molecule has 21 heavy (non-hydrogen) atoms. The van der Waals surface area contributed by atoms with Crippen LogP contribution in [0, 0.1) is 5.92 Å². The van der Waals surface area contributed by atoms with Gasteiger partial charge in [-0.1, -0.05) is 13.0 Å². The van der Waals surface area contributed by atoms with Crippen LogP contribution in [0.5, 0.6) is 0 Å². The molecular formula is C16H23N3O2. The zero-order valence-electron chi connectivity index (χ0n) is 12.9. The van der Waals surface area contributed by atoms with Gasteiger partial charge in [0.1, 0.15) is 0 Å².